The molecule has 0 bridgehead atoms. The molecule has 0 radical (unpaired) electrons. The lowest BCUT2D eigenvalue weighted by atomic mass is 10.0. The molecule has 18 heavy (non-hydrogen) atoms. The molecule has 0 saturated carbocycles. The van der Waals surface area contributed by atoms with Crippen molar-refractivity contribution in [2.24, 2.45) is 0 Å². The Kier molecular flexibility index (Phi) is 3.93. The number of ketones is 1. The van der Waals surface area contributed by atoms with E-state index in [4.69, 9.17) is 4.74 Å². The third-order valence-corrected chi connectivity index (χ3v) is 3.38. The summed E-state index contributed by atoms with van der Waals surface area (Å²) in [4.78, 5) is 20.9. The molecule has 1 aromatic heterocycles. The van der Waals surface area contributed by atoms with Crippen LogP contribution in [0.15, 0.2) is 18.3 Å². The third kappa shape index (κ3) is 2.52. The fourth-order valence-electron chi connectivity index (χ4n) is 2.19. The Morgan fingerprint density at radius 2 is 2.22 bits per heavy atom. The Morgan fingerprint density at radius 3 is 2.94 bits per heavy atom. The molecule has 2 heterocycles. The standard InChI is InChI=1S/C13H19N3O2/c1-15-7-8-16(2)10(9-15)13(17)12-11(18-3)5-4-6-14-12/h4-6,10H,7-9H2,1-3H3. The number of pyridine rings is 1. The smallest absolute Gasteiger partial charge is 0.203 e. The van der Waals surface area contributed by atoms with Crippen molar-refractivity contribution in [3.05, 3.63) is 24.0 Å². The molecular weight excluding hydrogens is 230 g/mol. The second-order valence-electron chi connectivity index (χ2n) is 4.68. The minimum atomic E-state index is -0.146. The first-order valence-corrected chi connectivity index (χ1v) is 6.05. The Labute approximate surface area is 107 Å². The van der Waals surface area contributed by atoms with E-state index in [1.807, 2.05) is 14.1 Å². The van der Waals surface area contributed by atoms with Gasteiger partial charge in [-0.2, -0.15) is 0 Å². The zero-order valence-corrected chi connectivity index (χ0v) is 11.1. The highest BCUT2D eigenvalue weighted by molar-refractivity contribution is 6.00. The molecule has 2 rings (SSSR count). The van der Waals surface area contributed by atoms with Crippen molar-refractivity contribution < 1.29 is 9.53 Å². The second-order valence-corrected chi connectivity index (χ2v) is 4.68. The molecule has 5 nitrogen and oxygen atoms in total. The summed E-state index contributed by atoms with van der Waals surface area (Å²) in [7, 11) is 5.57. The van der Waals surface area contributed by atoms with Gasteiger partial charge in [0.25, 0.3) is 0 Å². The van der Waals surface area contributed by atoms with E-state index in [0.717, 1.165) is 19.6 Å². The van der Waals surface area contributed by atoms with Crippen LogP contribution in [0.2, 0.25) is 0 Å². The average molecular weight is 249 g/mol. The Balaban J connectivity index is 2.24. The zero-order valence-electron chi connectivity index (χ0n) is 11.1. The van der Waals surface area contributed by atoms with E-state index in [-0.39, 0.29) is 11.8 Å². The number of ether oxygens (including phenoxy) is 1. The van der Waals surface area contributed by atoms with Crippen molar-refractivity contribution in [1.82, 2.24) is 14.8 Å². The predicted molar refractivity (Wildman–Crippen MR) is 69.0 cm³/mol. The number of piperazine rings is 1. The number of hydrogen-bond donors (Lipinski definition) is 0. The normalized spacial score (nSPS) is 21.8. The number of methoxy groups -OCH3 is 1. The fourth-order valence-corrected chi connectivity index (χ4v) is 2.19. The molecule has 1 saturated heterocycles. The van der Waals surface area contributed by atoms with Crippen molar-refractivity contribution in [2.75, 3.05) is 40.8 Å². The lowest BCUT2D eigenvalue weighted by Crippen LogP contribution is -2.53. The van der Waals surface area contributed by atoms with Crippen LogP contribution in [0.1, 0.15) is 10.5 Å². The van der Waals surface area contributed by atoms with Crippen LogP contribution in [0.25, 0.3) is 0 Å². The number of rotatable bonds is 3. The quantitative estimate of drug-likeness (QED) is 0.731. The summed E-state index contributed by atoms with van der Waals surface area (Å²) in [5.41, 5.74) is 0.423. The number of carbonyl (C=O) groups is 1. The minimum absolute atomic E-state index is 0.0292. The topological polar surface area (TPSA) is 45.7 Å². The molecule has 0 spiro atoms. The number of nitrogens with zero attached hydrogens (tertiary/aromatic N) is 3. The van der Waals surface area contributed by atoms with Crippen LogP contribution in [0.5, 0.6) is 5.75 Å². The second kappa shape index (κ2) is 5.46. The summed E-state index contributed by atoms with van der Waals surface area (Å²) in [5, 5.41) is 0. The first-order valence-electron chi connectivity index (χ1n) is 6.05. The van der Waals surface area contributed by atoms with Gasteiger partial charge in [0, 0.05) is 25.8 Å². The first kappa shape index (κ1) is 13.0. The van der Waals surface area contributed by atoms with Gasteiger partial charge in [-0.25, -0.2) is 4.98 Å². The van der Waals surface area contributed by atoms with E-state index in [1.165, 1.54) is 0 Å². The van der Waals surface area contributed by atoms with E-state index < -0.39 is 0 Å². The summed E-state index contributed by atoms with van der Waals surface area (Å²) in [6.07, 6.45) is 1.63. The minimum Gasteiger partial charge on any atom is -0.494 e. The summed E-state index contributed by atoms with van der Waals surface area (Å²) in [6.45, 7) is 2.61. The van der Waals surface area contributed by atoms with Gasteiger partial charge in [0.2, 0.25) is 5.78 Å². The Hall–Kier alpha value is -1.46. The van der Waals surface area contributed by atoms with Crippen molar-refractivity contribution in [1.29, 1.82) is 0 Å². The van der Waals surface area contributed by atoms with Crippen LogP contribution in [0, 0.1) is 0 Å². The van der Waals surface area contributed by atoms with Crippen LogP contribution in [0.3, 0.4) is 0 Å². The monoisotopic (exact) mass is 249 g/mol. The van der Waals surface area contributed by atoms with Gasteiger partial charge in [-0.15, -0.1) is 0 Å². The molecule has 0 aliphatic carbocycles. The number of hydrogen-bond acceptors (Lipinski definition) is 5. The summed E-state index contributed by atoms with van der Waals surface area (Å²) < 4.78 is 5.20. The lowest BCUT2D eigenvalue weighted by molar-refractivity contribution is 0.0678. The van der Waals surface area contributed by atoms with Crippen molar-refractivity contribution in [2.45, 2.75) is 6.04 Å². The van der Waals surface area contributed by atoms with Gasteiger partial charge < -0.3 is 9.64 Å². The molecule has 0 aromatic carbocycles. The predicted octanol–water partition coefficient (Wildman–Crippen LogP) is 0.519. The molecule has 5 heteroatoms. The van der Waals surface area contributed by atoms with Gasteiger partial charge in [0.05, 0.1) is 13.2 Å². The number of Topliss-reactive ketones (excluding diaryl/α,β-unsaturated/α-hetero) is 1. The molecule has 1 atom stereocenters. The molecule has 1 unspecified atom stereocenters. The molecule has 1 aliphatic heterocycles. The molecular formula is C13H19N3O2. The van der Waals surface area contributed by atoms with Gasteiger partial charge in [-0.05, 0) is 26.2 Å². The molecule has 0 amide bonds. The number of aromatic nitrogens is 1. The average Bonchev–Trinajstić information content (AvgIpc) is 2.40. The highest BCUT2D eigenvalue weighted by Crippen LogP contribution is 2.19. The van der Waals surface area contributed by atoms with Gasteiger partial charge in [0.1, 0.15) is 11.4 Å². The van der Waals surface area contributed by atoms with Crippen molar-refractivity contribution >= 4 is 5.78 Å². The molecule has 1 aliphatic rings. The van der Waals surface area contributed by atoms with E-state index in [0.29, 0.717) is 11.4 Å². The van der Waals surface area contributed by atoms with Gasteiger partial charge >= 0.3 is 0 Å². The highest BCUT2D eigenvalue weighted by atomic mass is 16.5. The maximum Gasteiger partial charge on any atom is 0.203 e. The number of likely N-dealkylation sites (N-methyl/N-ethyl adjacent to an activating group) is 2. The van der Waals surface area contributed by atoms with Crippen LogP contribution in [0.4, 0.5) is 0 Å². The van der Waals surface area contributed by atoms with Gasteiger partial charge in [-0.1, -0.05) is 0 Å². The van der Waals surface area contributed by atoms with E-state index in [9.17, 15) is 4.79 Å². The van der Waals surface area contributed by atoms with E-state index >= 15 is 0 Å². The summed E-state index contributed by atoms with van der Waals surface area (Å²) in [6, 6.07) is 3.39. The molecule has 1 aromatic rings. The van der Waals surface area contributed by atoms with Crippen molar-refractivity contribution in [3.63, 3.8) is 0 Å². The Morgan fingerprint density at radius 1 is 1.44 bits per heavy atom. The van der Waals surface area contributed by atoms with E-state index in [2.05, 4.69) is 14.8 Å². The van der Waals surface area contributed by atoms with Crippen LogP contribution >= 0.6 is 0 Å². The van der Waals surface area contributed by atoms with E-state index in [1.54, 1.807) is 25.4 Å². The SMILES string of the molecule is COc1cccnc1C(=O)C1CN(C)CCN1C. The summed E-state index contributed by atoms with van der Waals surface area (Å²) >= 11 is 0. The lowest BCUT2D eigenvalue weighted by Gasteiger charge is -2.36. The fraction of sp³-hybridized carbons (Fsp3) is 0.538. The zero-order chi connectivity index (χ0) is 13.1. The number of carbonyl (C=O) groups excluding carboxylic acids is 1. The van der Waals surface area contributed by atoms with Gasteiger partial charge in [0.15, 0.2) is 0 Å². The molecule has 98 valence electrons. The van der Waals surface area contributed by atoms with Crippen LogP contribution in [-0.2, 0) is 0 Å². The van der Waals surface area contributed by atoms with Gasteiger partial charge in [-0.3, -0.25) is 9.69 Å². The largest absolute Gasteiger partial charge is 0.494 e. The highest BCUT2D eigenvalue weighted by Gasteiger charge is 2.31. The maximum absolute atomic E-state index is 12.5. The molecule has 0 N–H and O–H groups in total. The van der Waals surface area contributed by atoms with Crippen molar-refractivity contribution in [3.8, 4) is 5.75 Å². The third-order valence-electron chi connectivity index (χ3n) is 3.38. The molecule has 1 fully saturated rings. The maximum atomic E-state index is 12.5. The van der Waals surface area contributed by atoms with Crippen LogP contribution in [-0.4, -0.2) is 67.4 Å². The van der Waals surface area contributed by atoms with Crippen LogP contribution < -0.4 is 4.74 Å². The Bertz CT molecular complexity index is 436. The summed E-state index contributed by atoms with van der Waals surface area (Å²) in [5.74, 6) is 0.575. The first-order chi connectivity index (χ1) is 8.63.